The molecule has 2 aliphatic heterocycles. The van der Waals surface area contributed by atoms with Gasteiger partial charge in [0.05, 0.1) is 6.54 Å². The topological polar surface area (TPSA) is 69.7 Å². The number of likely N-dealkylation sites (tertiary alicyclic amines) is 1. The van der Waals surface area contributed by atoms with E-state index in [9.17, 15) is 14.4 Å². The van der Waals surface area contributed by atoms with Gasteiger partial charge in [-0.25, -0.2) is 0 Å². The standard InChI is InChI=1S/C18H23N3O3/c1-13(22)19-17(24)11-20-9-7-18(8-10-20)12-21(14(2)23)16-6-4-3-5-15(16)18/h3-6H,7-12H2,1-2H3,(H,19,22,24). The summed E-state index contributed by atoms with van der Waals surface area (Å²) in [5.41, 5.74) is 2.25. The Morgan fingerprint density at radius 3 is 2.42 bits per heavy atom. The average molecular weight is 329 g/mol. The van der Waals surface area contributed by atoms with Gasteiger partial charge in [-0.15, -0.1) is 0 Å². The summed E-state index contributed by atoms with van der Waals surface area (Å²) in [4.78, 5) is 38.6. The molecule has 0 bridgehead atoms. The number of fused-ring (bicyclic) bond motifs is 2. The molecular formula is C18H23N3O3. The van der Waals surface area contributed by atoms with E-state index in [0.717, 1.165) is 38.2 Å². The number of anilines is 1. The van der Waals surface area contributed by atoms with Gasteiger partial charge in [0.15, 0.2) is 0 Å². The van der Waals surface area contributed by atoms with Crippen LogP contribution < -0.4 is 10.2 Å². The molecule has 0 aliphatic carbocycles. The normalized spacial score (nSPS) is 19.2. The molecule has 1 N–H and O–H groups in total. The van der Waals surface area contributed by atoms with E-state index >= 15 is 0 Å². The number of carbonyl (C=O) groups excluding carboxylic acids is 3. The van der Waals surface area contributed by atoms with Crippen molar-refractivity contribution in [2.45, 2.75) is 32.1 Å². The summed E-state index contributed by atoms with van der Waals surface area (Å²) in [6, 6.07) is 8.13. The summed E-state index contributed by atoms with van der Waals surface area (Å²) in [5, 5.41) is 2.32. The highest BCUT2D eigenvalue weighted by molar-refractivity contribution is 5.95. The van der Waals surface area contributed by atoms with Gasteiger partial charge in [0, 0.05) is 31.5 Å². The van der Waals surface area contributed by atoms with Crippen LogP contribution in [0.1, 0.15) is 32.3 Å². The first-order valence-electron chi connectivity index (χ1n) is 8.32. The highest BCUT2D eigenvalue weighted by atomic mass is 16.2. The Morgan fingerprint density at radius 2 is 1.79 bits per heavy atom. The van der Waals surface area contributed by atoms with Crippen molar-refractivity contribution in [3.05, 3.63) is 29.8 Å². The van der Waals surface area contributed by atoms with Gasteiger partial charge < -0.3 is 4.90 Å². The van der Waals surface area contributed by atoms with Crippen molar-refractivity contribution in [2.24, 2.45) is 0 Å². The number of hydrogen-bond acceptors (Lipinski definition) is 4. The molecule has 2 aliphatic rings. The molecule has 0 aromatic heterocycles. The number of benzene rings is 1. The van der Waals surface area contributed by atoms with Crippen LogP contribution in [0.4, 0.5) is 5.69 Å². The molecule has 0 saturated carbocycles. The van der Waals surface area contributed by atoms with Gasteiger partial charge in [0.1, 0.15) is 0 Å². The predicted octanol–water partition coefficient (Wildman–Crippen LogP) is 1.05. The summed E-state index contributed by atoms with van der Waals surface area (Å²) >= 11 is 0. The second-order valence-corrected chi connectivity index (χ2v) is 6.78. The van der Waals surface area contributed by atoms with Crippen LogP contribution in [0.15, 0.2) is 24.3 Å². The van der Waals surface area contributed by atoms with Crippen LogP contribution in [-0.4, -0.2) is 48.8 Å². The molecular weight excluding hydrogens is 306 g/mol. The van der Waals surface area contributed by atoms with Gasteiger partial charge in [0.25, 0.3) is 0 Å². The van der Waals surface area contributed by atoms with Crippen LogP contribution in [0.2, 0.25) is 0 Å². The first-order chi connectivity index (χ1) is 11.4. The fourth-order valence-corrected chi connectivity index (χ4v) is 3.92. The minimum Gasteiger partial charge on any atom is -0.311 e. The summed E-state index contributed by atoms with van der Waals surface area (Å²) in [6.45, 7) is 5.48. The zero-order chi connectivity index (χ0) is 17.3. The maximum absolute atomic E-state index is 12.0. The van der Waals surface area contributed by atoms with Crippen LogP contribution in [0.25, 0.3) is 0 Å². The highest BCUT2D eigenvalue weighted by Crippen LogP contribution is 2.46. The van der Waals surface area contributed by atoms with Crippen molar-refractivity contribution in [1.29, 1.82) is 0 Å². The lowest BCUT2D eigenvalue weighted by molar-refractivity contribution is -0.130. The van der Waals surface area contributed by atoms with E-state index in [1.807, 2.05) is 23.1 Å². The van der Waals surface area contributed by atoms with Crippen molar-refractivity contribution >= 4 is 23.4 Å². The number of amides is 3. The summed E-state index contributed by atoms with van der Waals surface area (Å²) in [7, 11) is 0. The molecule has 128 valence electrons. The number of carbonyl (C=O) groups is 3. The van der Waals surface area contributed by atoms with Crippen molar-refractivity contribution in [3.8, 4) is 0 Å². The van der Waals surface area contributed by atoms with Crippen LogP contribution in [0, 0.1) is 0 Å². The van der Waals surface area contributed by atoms with E-state index in [2.05, 4.69) is 16.3 Å². The molecule has 6 nitrogen and oxygen atoms in total. The van der Waals surface area contributed by atoms with Crippen LogP contribution in [0.3, 0.4) is 0 Å². The Labute approximate surface area is 141 Å². The summed E-state index contributed by atoms with van der Waals surface area (Å²) in [5.74, 6) is -0.506. The largest absolute Gasteiger partial charge is 0.311 e. The van der Waals surface area contributed by atoms with E-state index in [1.54, 1.807) is 6.92 Å². The van der Waals surface area contributed by atoms with Gasteiger partial charge in [0.2, 0.25) is 17.7 Å². The van der Waals surface area contributed by atoms with E-state index in [1.165, 1.54) is 12.5 Å². The molecule has 3 rings (SSSR count). The predicted molar refractivity (Wildman–Crippen MR) is 90.6 cm³/mol. The molecule has 2 heterocycles. The summed E-state index contributed by atoms with van der Waals surface area (Å²) < 4.78 is 0. The van der Waals surface area contributed by atoms with Crippen molar-refractivity contribution < 1.29 is 14.4 Å². The Bertz CT molecular complexity index is 678. The van der Waals surface area contributed by atoms with E-state index in [4.69, 9.17) is 0 Å². The highest BCUT2D eigenvalue weighted by Gasteiger charge is 2.45. The lowest BCUT2D eigenvalue weighted by Gasteiger charge is -2.39. The number of rotatable bonds is 2. The number of imide groups is 1. The zero-order valence-electron chi connectivity index (χ0n) is 14.2. The third-order valence-corrected chi connectivity index (χ3v) is 5.10. The van der Waals surface area contributed by atoms with Crippen molar-refractivity contribution in [1.82, 2.24) is 10.2 Å². The second-order valence-electron chi connectivity index (χ2n) is 6.78. The fourth-order valence-electron chi connectivity index (χ4n) is 3.92. The Morgan fingerprint density at radius 1 is 1.12 bits per heavy atom. The zero-order valence-corrected chi connectivity index (χ0v) is 14.2. The Hall–Kier alpha value is -2.21. The molecule has 3 amide bonds. The molecule has 24 heavy (non-hydrogen) atoms. The van der Waals surface area contributed by atoms with E-state index in [-0.39, 0.29) is 29.7 Å². The van der Waals surface area contributed by atoms with Gasteiger partial charge in [-0.3, -0.25) is 24.6 Å². The van der Waals surface area contributed by atoms with E-state index < -0.39 is 0 Å². The Balaban J connectivity index is 1.71. The van der Waals surface area contributed by atoms with Gasteiger partial charge in [-0.05, 0) is 37.6 Å². The summed E-state index contributed by atoms with van der Waals surface area (Å²) in [6.07, 6.45) is 1.81. The number of nitrogens with zero attached hydrogens (tertiary/aromatic N) is 2. The molecule has 0 atom stereocenters. The van der Waals surface area contributed by atoms with Gasteiger partial charge in [-0.2, -0.15) is 0 Å². The SMILES string of the molecule is CC(=O)NC(=O)CN1CCC2(CC1)CN(C(C)=O)c1ccccc12. The van der Waals surface area contributed by atoms with Gasteiger partial charge >= 0.3 is 0 Å². The second kappa shape index (κ2) is 6.36. The number of para-hydroxylation sites is 1. The quantitative estimate of drug-likeness (QED) is 0.880. The fraction of sp³-hybridized carbons (Fsp3) is 0.500. The smallest absolute Gasteiger partial charge is 0.240 e. The van der Waals surface area contributed by atoms with Crippen molar-refractivity contribution in [3.63, 3.8) is 0 Å². The monoisotopic (exact) mass is 329 g/mol. The minimum absolute atomic E-state index is 0.0180. The third kappa shape index (κ3) is 3.06. The molecule has 1 fully saturated rings. The third-order valence-electron chi connectivity index (χ3n) is 5.10. The van der Waals surface area contributed by atoms with Crippen LogP contribution in [0.5, 0.6) is 0 Å². The molecule has 0 unspecified atom stereocenters. The number of piperidine rings is 1. The van der Waals surface area contributed by atoms with Crippen molar-refractivity contribution in [2.75, 3.05) is 31.1 Å². The van der Waals surface area contributed by atoms with Crippen LogP contribution in [-0.2, 0) is 19.8 Å². The Kier molecular flexibility index (Phi) is 4.41. The molecule has 1 aromatic rings. The first kappa shape index (κ1) is 16.6. The molecule has 6 heteroatoms. The average Bonchev–Trinajstić information content (AvgIpc) is 2.84. The maximum Gasteiger partial charge on any atom is 0.240 e. The molecule has 1 spiro atoms. The number of nitrogens with one attached hydrogen (secondary N) is 1. The van der Waals surface area contributed by atoms with Gasteiger partial charge in [-0.1, -0.05) is 18.2 Å². The molecule has 0 radical (unpaired) electrons. The van der Waals surface area contributed by atoms with E-state index in [0.29, 0.717) is 0 Å². The lowest BCUT2D eigenvalue weighted by Crippen LogP contribution is -2.48. The lowest BCUT2D eigenvalue weighted by atomic mass is 9.74. The number of hydrogen-bond donors (Lipinski definition) is 1. The maximum atomic E-state index is 12.0. The van der Waals surface area contributed by atoms with Crippen LogP contribution >= 0.6 is 0 Å². The molecule has 1 saturated heterocycles. The first-order valence-corrected chi connectivity index (χ1v) is 8.32. The minimum atomic E-state index is -0.324. The molecule has 1 aromatic carbocycles.